The number of nitrogens with two attached hydrogens (primary N) is 1. The average molecular weight is 432 g/mol. The quantitative estimate of drug-likeness (QED) is 0.447. The minimum Gasteiger partial charge on any atom is -0.497 e. The topological polar surface area (TPSA) is 89.4 Å². The third-order valence-electron chi connectivity index (χ3n) is 5.24. The number of benzene rings is 2. The van der Waals surface area contributed by atoms with Crippen molar-refractivity contribution in [2.45, 2.75) is 25.8 Å². The molecule has 0 saturated carbocycles. The van der Waals surface area contributed by atoms with Gasteiger partial charge in [0, 0.05) is 35.8 Å². The van der Waals surface area contributed by atoms with Crippen molar-refractivity contribution in [1.29, 1.82) is 0 Å². The number of rotatable bonds is 9. The second-order valence-electron chi connectivity index (χ2n) is 7.21. The van der Waals surface area contributed by atoms with Gasteiger partial charge in [-0.3, -0.25) is 4.79 Å². The second-order valence-corrected chi connectivity index (χ2v) is 7.21. The maximum Gasteiger partial charge on any atom is 0.224 e. The third-order valence-corrected chi connectivity index (χ3v) is 5.24. The smallest absolute Gasteiger partial charge is 0.224 e. The molecule has 0 aliphatic rings. The van der Waals surface area contributed by atoms with Crippen LogP contribution in [-0.2, 0) is 11.2 Å². The van der Waals surface area contributed by atoms with Crippen molar-refractivity contribution in [2.75, 3.05) is 20.8 Å². The summed E-state index contributed by atoms with van der Waals surface area (Å²) in [5.74, 6) is 1.21. The number of aromatic amines is 1. The molecule has 2 aromatic carbocycles. The predicted molar refractivity (Wildman–Crippen MR) is 123 cm³/mol. The van der Waals surface area contributed by atoms with E-state index in [1.807, 2.05) is 49.4 Å². The van der Waals surface area contributed by atoms with Gasteiger partial charge in [-0.2, -0.15) is 0 Å². The van der Waals surface area contributed by atoms with Crippen molar-refractivity contribution in [2.24, 2.45) is 11.7 Å². The lowest BCUT2D eigenvalue weighted by Crippen LogP contribution is -2.36. The lowest BCUT2D eigenvalue weighted by Gasteiger charge is -2.19. The van der Waals surface area contributed by atoms with E-state index in [0.717, 1.165) is 46.5 Å². The zero-order chi connectivity index (χ0) is 20.8. The van der Waals surface area contributed by atoms with Gasteiger partial charge in [0.15, 0.2) is 0 Å². The molecule has 162 valence electrons. The van der Waals surface area contributed by atoms with Crippen LogP contribution in [0.5, 0.6) is 11.5 Å². The molecule has 1 amide bonds. The number of aryl methyl sites for hydroxylation is 1. The van der Waals surface area contributed by atoms with Crippen LogP contribution in [0.15, 0.2) is 48.5 Å². The Labute approximate surface area is 183 Å². The highest BCUT2D eigenvalue weighted by atomic mass is 35.5. The molecule has 3 aromatic rings. The van der Waals surface area contributed by atoms with Crippen molar-refractivity contribution < 1.29 is 14.3 Å². The number of ether oxygens (including phenoxy) is 2. The Morgan fingerprint density at radius 3 is 2.53 bits per heavy atom. The van der Waals surface area contributed by atoms with Crippen LogP contribution in [0.4, 0.5) is 0 Å². The van der Waals surface area contributed by atoms with Gasteiger partial charge >= 0.3 is 0 Å². The van der Waals surface area contributed by atoms with Crippen LogP contribution in [0.2, 0.25) is 0 Å². The Morgan fingerprint density at radius 2 is 1.87 bits per heavy atom. The number of hydrogen-bond acceptors (Lipinski definition) is 4. The molecule has 0 aliphatic carbocycles. The van der Waals surface area contributed by atoms with Crippen molar-refractivity contribution in [3.63, 3.8) is 0 Å². The summed E-state index contributed by atoms with van der Waals surface area (Å²) in [4.78, 5) is 15.8. The Bertz CT molecular complexity index is 959. The zero-order valence-electron chi connectivity index (χ0n) is 17.6. The van der Waals surface area contributed by atoms with Crippen LogP contribution in [0.3, 0.4) is 0 Å². The van der Waals surface area contributed by atoms with Gasteiger partial charge in [-0.1, -0.05) is 37.3 Å². The number of fused-ring (bicyclic) bond motifs is 1. The second kappa shape index (κ2) is 10.9. The van der Waals surface area contributed by atoms with Crippen LogP contribution in [0.25, 0.3) is 10.9 Å². The number of methoxy groups -OCH3 is 2. The number of amides is 1. The molecule has 4 N–H and O–H groups in total. The average Bonchev–Trinajstić information content (AvgIpc) is 3.18. The molecular weight excluding hydrogens is 402 g/mol. The molecule has 7 heteroatoms. The van der Waals surface area contributed by atoms with Gasteiger partial charge in [0.2, 0.25) is 5.91 Å². The van der Waals surface area contributed by atoms with Gasteiger partial charge in [-0.05, 0) is 24.5 Å². The summed E-state index contributed by atoms with van der Waals surface area (Å²) in [7, 11) is 3.29. The molecule has 6 nitrogen and oxygen atoms in total. The monoisotopic (exact) mass is 431 g/mol. The van der Waals surface area contributed by atoms with Gasteiger partial charge in [0.25, 0.3) is 0 Å². The fourth-order valence-corrected chi connectivity index (χ4v) is 3.44. The first-order chi connectivity index (χ1) is 14.0. The Morgan fingerprint density at radius 1 is 1.13 bits per heavy atom. The van der Waals surface area contributed by atoms with E-state index in [0.29, 0.717) is 6.54 Å². The Balaban J connectivity index is 0.00000320. The fraction of sp³-hybridized carbons (Fsp3) is 0.348. The maximum absolute atomic E-state index is 12.4. The number of halogens is 1. The van der Waals surface area contributed by atoms with Gasteiger partial charge in [-0.15, -0.1) is 12.4 Å². The van der Waals surface area contributed by atoms with Crippen molar-refractivity contribution >= 4 is 29.2 Å². The SMILES string of the molecule is COc1cc(OC)c2cc(CCCNC(=O)C(C)C(N)c3ccccc3)[nH]c2c1.Cl. The highest BCUT2D eigenvalue weighted by molar-refractivity contribution is 5.88. The van der Waals surface area contributed by atoms with Crippen LogP contribution >= 0.6 is 12.4 Å². The molecule has 3 rings (SSSR count). The van der Waals surface area contributed by atoms with Gasteiger partial charge < -0.3 is 25.5 Å². The fourth-order valence-electron chi connectivity index (χ4n) is 3.44. The molecule has 0 saturated heterocycles. The minimum atomic E-state index is -0.313. The van der Waals surface area contributed by atoms with Crippen LogP contribution < -0.4 is 20.5 Å². The van der Waals surface area contributed by atoms with E-state index in [1.165, 1.54) is 0 Å². The van der Waals surface area contributed by atoms with Crippen molar-refractivity contribution in [3.8, 4) is 11.5 Å². The summed E-state index contributed by atoms with van der Waals surface area (Å²) in [6, 6.07) is 15.3. The summed E-state index contributed by atoms with van der Waals surface area (Å²) in [6.45, 7) is 2.46. The van der Waals surface area contributed by atoms with Gasteiger partial charge in [0.05, 0.1) is 25.7 Å². The van der Waals surface area contributed by atoms with Gasteiger partial charge in [-0.25, -0.2) is 0 Å². The molecule has 30 heavy (non-hydrogen) atoms. The number of carbonyl (C=O) groups is 1. The van der Waals surface area contributed by atoms with E-state index in [2.05, 4.69) is 16.4 Å². The summed E-state index contributed by atoms with van der Waals surface area (Å²) < 4.78 is 10.8. The van der Waals surface area contributed by atoms with Gasteiger partial charge in [0.1, 0.15) is 11.5 Å². The minimum absolute atomic E-state index is 0. The Hall–Kier alpha value is -2.70. The number of carbonyl (C=O) groups excluding carboxylic acids is 1. The summed E-state index contributed by atoms with van der Waals surface area (Å²) >= 11 is 0. The first kappa shape index (κ1) is 23.6. The number of H-pyrrole nitrogens is 1. The van der Waals surface area contributed by atoms with Crippen LogP contribution in [-0.4, -0.2) is 31.7 Å². The first-order valence-electron chi connectivity index (χ1n) is 9.85. The molecule has 1 aromatic heterocycles. The van der Waals surface area contributed by atoms with Crippen molar-refractivity contribution in [1.82, 2.24) is 10.3 Å². The van der Waals surface area contributed by atoms with Crippen molar-refractivity contribution in [3.05, 3.63) is 59.8 Å². The molecular formula is C23H30ClN3O3. The van der Waals surface area contributed by atoms with E-state index in [4.69, 9.17) is 15.2 Å². The molecule has 1 heterocycles. The molecule has 2 atom stereocenters. The predicted octanol–water partition coefficient (Wildman–Crippen LogP) is 3.99. The molecule has 0 spiro atoms. The van der Waals surface area contributed by atoms with Crippen LogP contribution in [0, 0.1) is 5.92 Å². The van der Waals surface area contributed by atoms with E-state index in [-0.39, 0.29) is 30.3 Å². The largest absolute Gasteiger partial charge is 0.497 e. The maximum atomic E-state index is 12.4. The molecule has 0 aliphatic heterocycles. The third kappa shape index (κ3) is 5.46. The highest BCUT2D eigenvalue weighted by Crippen LogP contribution is 2.31. The first-order valence-corrected chi connectivity index (χ1v) is 9.85. The summed E-state index contributed by atoms with van der Waals surface area (Å²) in [5, 5.41) is 4.02. The molecule has 2 unspecified atom stereocenters. The standard InChI is InChI=1S/C23H29N3O3.ClH/c1-15(22(24)16-8-5-4-6-9-16)23(27)25-11-7-10-17-12-19-20(26-17)13-18(28-2)14-21(19)29-3;/h4-6,8-9,12-15,22,26H,7,10-11,24H2,1-3H3,(H,25,27);1H. The van der Waals surface area contributed by atoms with E-state index >= 15 is 0 Å². The molecule has 0 radical (unpaired) electrons. The van der Waals surface area contributed by atoms with Crippen LogP contribution in [0.1, 0.15) is 30.6 Å². The zero-order valence-corrected chi connectivity index (χ0v) is 18.4. The van der Waals surface area contributed by atoms with E-state index in [9.17, 15) is 4.79 Å². The normalized spacial score (nSPS) is 12.7. The summed E-state index contributed by atoms with van der Waals surface area (Å²) in [5.41, 5.74) is 9.28. The molecule has 0 bridgehead atoms. The Kier molecular flexibility index (Phi) is 8.57. The number of nitrogens with one attached hydrogen (secondary N) is 2. The number of hydrogen-bond donors (Lipinski definition) is 3. The number of aromatic nitrogens is 1. The molecule has 0 fully saturated rings. The highest BCUT2D eigenvalue weighted by Gasteiger charge is 2.21. The van der Waals surface area contributed by atoms with E-state index in [1.54, 1.807) is 14.2 Å². The lowest BCUT2D eigenvalue weighted by atomic mass is 9.94. The van der Waals surface area contributed by atoms with E-state index < -0.39 is 0 Å². The lowest BCUT2D eigenvalue weighted by molar-refractivity contribution is -0.125. The summed E-state index contributed by atoms with van der Waals surface area (Å²) in [6.07, 6.45) is 1.64.